The quantitative estimate of drug-likeness (QED) is 0.684. The minimum absolute atomic E-state index is 0.0940. The van der Waals surface area contributed by atoms with E-state index in [9.17, 15) is 10.2 Å². The second-order valence-corrected chi connectivity index (χ2v) is 5.65. The van der Waals surface area contributed by atoms with Crippen LogP contribution < -0.4 is 0 Å². The fraction of sp³-hybridized carbons (Fsp3) is 0.600. The van der Waals surface area contributed by atoms with Gasteiger partial charge < -0.3 is 14.9 Å². The van der Waals surface area contributed by atoms with Crippen molar-refractivity contribution in [2.24, 2.45) is 0 Å². The molecule has 4 heteroatoms. The van der Waals surface area contributed by atoms with Gasteiger partial charge in [0.05, 0.1) is 13.2 Å². The van der Waals surface area contributed by atoms with Gasteiger partial charge in [-0.3, -0.25) is 0 Å². The van der Waals surface area contributed by atoms with Gasteiger partial charge in [-0.25, -0.2) is 0 Å². The SMILES string of the molecule is CCCCOCCC(CO)(CO)c1ccccc1Br. The molecule has 0 bridgehead atoms. The highest BCUT2D eigenvalue weighted by Crippen LogP contribution is 2.33. The second-order valence-electron chi connectivity index (χ2n) is 4.79. The maximum atomic E-state index is 9.72. The van der Waals surface area contributed by atoms with Crippen LogP contribution in [0.15, 0.2) is 28.7 Å². The van der Waals surface area contributed by atoms with Gasteiger partial charge in [0.15, 0.2) is 0 Å². The van der Waals surface area contributed by atoms with E-state index in [1.807, 2.05) is 24.3 Å². The minimum Gasteiger partial charge on any atom is -0.395 e. The topological polar surface area (TPSA) is 49.7 Å². The Balaban J connectivity index is 2.71. The van der Waals surface area contributed by atoms with E-state index in [4.69, 9.17) is 4.74 Å². The molecule has 0 atom stereocenters. The largest absolute Gasteiger partial charge is 0.395 e. The molecular formula is C15H23BrO3. The zero-order valence-corrected chi connectivity index (χ0v) is 13.0. The molecule has 0 fully saturated rings. The molecule has 0 amide bonds. The van der Waals surface area contributed by atoms with Gasteiger partial charge in [0.1, 0.15) is 0 Å². The molecular weight excluding hydrogens is 308 g/mol. The summed E-state index contributed by atoms with van der Waals surface area (Å²) < 4.78 is 6.47. The first-order valence-corrected chi connectivity index (χ1v) is 7.54. The van der Waals surface area contributed by atoms with Crippen molar-refractivity contribution in [3.8, 4) is 0 Å². The zero-order chi connectivity index (χ0) is 14.1. The highest BCUT2D eigenvalue weighted by atomic mass is 79.9. The number of aliphatic hydroxyl groups is 2. The Hall–Kier alpha value is -0.420. The number of rotatable bonds is 9. The number of hydrogen-bond acceptors (Lipinski definition) is 3. The molecule has 0 aliphatic rings. The molecule has 2 N–H and O–H groups in total. The van der Waals surface area contributed by atoms with Gasteiger partial charge in [-0.15, -0.1) is 0 Å². The van der Waals surface area contributed by atoms with E-state index in [-0.39, 0.29) is 13.2 Å². The van der Waals surface area contributed by atoms with Crippen molar-refractivity contribution >= 4 is 15.9 Å². The number of benzene rings is 1. The van der Waals surface area contributed by atoms with Crippen LogP contribution in [-0.2, 0) is 10.2 Å². The van der Waals surface area contributed by atoms with Gasteiger partial charge in [-0.05, 0) is 24.5 Å². The van der Waals surface area contributed by atoms with Gasteiger partial charge in [0.2, 0.25) is 0 Å². The molecule has 0 unspecified atom stereocenters. The van der Waals surface area contributed by atoms with E-state index in [1.54, 1.807) is 0 Å². The Morgan fingerprint density at radius 2 is 1.84 bits per heavy atom. The van der Waals surface area contributed by atoms with E-state index in [2.05, 4.69) is 22.9 Å². The minimum atomic E-state index is -0.647. The first kappa shape index (κ1) is 16.6. The lowest BCUT2D eigenvalue weighted by atomic mass is 9.79. The summed E-state index contributed by atoms with van der Waals surface area (Å²) in [6.45, 7) is 3.21. The zero-order valence-electron chi connectivity index (χ0n) is 11.4. The normalized spacial score (nSPS) is 11.8. The predicted molar refractivity (Wildman–Crippen MR) is 80.3 cm³/mol. The van der Waals surface area contributed by atoms with Crippen molar-refractivity contribution in [3.05, 3.63) is 34.3 Å². The van der Waals surface area contributed by atoms with E-state index in [0.29, 0.717) is 13.0 Å². The lowest BCUT2D eigenvalue weighted by Gasteiger charge is -2.31. The lowest BCUT2D eigenvalue weighted by molar-refractivity contribution is 0.0613. The number of unbranched alkanes of at least 4 members (excludes halogenated alkanes) is 1. The van der Waals surface area contributed by atoms with Crippen LogP contribution in [0.2, 0.25) is 0 Å². The highest BCUT2D eigenvalue weighted by Gasteiger charge is 2.32. The summed E-state index contributed by atoms with van der Waals surface area (Å²) in [5.74, 6) is 0. The van der Waals surface area contributed by atoms with Gasteiger partial charge in [-0.2, -0.15) is 0 Å². The Kier molecular flexibility index (Phi) is 7.61. The molecule has 1 aromatic carbocycles. The van der Waals surface area contributed by atoms with Crippen LogP contribution in [0.25, 0.3) is 0 Å². The average molecular weight is 331 g/mol. The summed E-state index contributed by atoms with van der Waals surface area (Å²) in [6.07, 6.45) is 2.75. The fourth-order valence-electron chi connectivity index (χ4n) is 2.02. The van der Waals surface area contributed by atoms with Gasteiger partial charge >= 0.3 is 0 Å². The summed E-state index contributed by atoms with van der Waals surface area (Å²) in [5, 5.41) is 19.4. The Labute approximate surface area is 123 Å². The predicted octanol–water partition coefficient (Wildman–Crippen LogP) is 2.88. The third-order valence-corrected chi connectivity index (χ3v) is 4.11. The van der Waals surface area contributed by atoms with E-state index < -0.39 is 5.41 Å². The van der Waals surface area contributed by atoms with E-state index in [0.717, 1.165) is 29.5 Å². The standard InChI is InChI=1S/C15H23BrO3/c1-2-3-9-19-10-8-15(11-17,12-18)13-6-4-5-7-14(13)16/h4-7,17-18H,2-3,8-12H2,1H3. The Morgan fingerprint density at radius 1 is 1.16 bits per heavy atom. The Bertz CT molecular complexity index is 364. The number of hydrogen-bond donors (Lipinski definition) is 2. The fourth-order valence-corrected chi connectivity index (χ4v) is 2.73. The summed E-state index contributed by atoms with van der Waals surface area (Å²) in [6, 6.07) is 7.69. The second kappa shape index (κ2) is 8.69. The lowest BCUT2D eigenvalue weighted by Crippen LogP contribution is -2.36. The van der Waals surface area contributed by atoms with Crippen LogP contribution in [0.1, 0.15) is 31.7 Å². The average Bonchev–Trinajstić information content (AvgIpc) is 2.44. The molecule has 0 spiro atoms. The molecule has 0 heterocycles. The number of ether oxygens (including phenoxy) is 1. The third kappa shape index (κ3) is 4.56. The molecule has 19 heavy (non-hydrogen) atoms. The summed E-state index contributed by atoms with van der Waals surface area (Å²) in [4.78, 5) is 0. The Morgan fingerprint density at radius 3 is 2.42 bits per heavy atom. The summed E-state index contributed by atoms with van der Waals surface area (Å²) in [5.41, 5.74) is 0.283. The van der Waals surface area contributed by atoms with Crippen LogP contribution in [0.5, 0.6) is 0 Å². The molecule has 3 nitrogen and oxygen atoms in total. The first-order valence-electron chi connectivity index (χ1n) is 6.74. The number of halogens is 1. The molecule has 0 radical (unpaired) electrons. The van der Waals surface area contributed by atoms with Gasteiger partial charge in [0.25, 0.3) is 0 Å². The molecule has 0 saturated carbocycles. The molecule has 0 aliphatic carbocycles. The molecule has 1 aromatic rings. The van der Waals surface area contributed by atoms with Crippen LogP contribution in [0, 0.1) is 0 Å². The van der Waals surface area contributed by atoms with Crippen LogP contribution in [0.4, 0.5) is 0 Å². The van der Waals surface area contributed by atoms with Crippen molar-refractivity contribution in [2.45, 2.75) is 31.6 Å². The van der Waals surface area contributed by atoms with Crippen molar-refractivity contribution < 1.29 is 14.9 Å². The maximum absolute atomic E-state index is 9.72. The maximum Gasteiger partial charge on any atom is 0.0551 e. The number of aliphatic hydroxyl groups excluding tert-OH is 2. The summed E-state index contributed by atoms with van der Waals surface area (Å²) >= 11 is 3.48. The van der Waals surface area contributed by atoms with Crippen molar-refractivity contribution in [1.29, 1.82) is 0 Å². The smallest absolute Gasteiger partial charge is 0.0551 e. The monoisotopic (exact) mass is 330 g/mol. The third-order valence-electron chi connectivity index (χ3n) is 3.42. The van der Waals surface area contributed by atoms with Crippen molar-refractivity contribution in [2.75, 3.05) is 26.4 Å². The molecule has 0 aromatic heterocycles. The molecule has 108 valence electrons. The first-order chi connectivity index (χ1) is 9.20. The van der Waals surface area contributed by atoms with Gasteiger partial charge in [-0.1, -0.05) is 47.5 Å². The highest BCUT2D eigenvalue weighted by molar-refractivity contribution is 9.10. The van der Waals surface area contributed by atoms with Crippen molar-refractivity contribution in [1.82, 2.24) is 0 Å². The summed E-state index contributed by atoms with van der Waals surface area (Å²) in [7, 11) is 0. The van der Waals surface area contributed by atoms with E-state index >= 15 is 0 Å². The van der Waals surface area contributed by atoms with Crippen LogP contribution in [0.3, 0.4) is 0 Å². The van der Waals surface area contributed by atoms with Crippen LogP contribution >= 0.6 is 15.9 Å². The molecule has 0 aliphatic heterocycles. The molecule has 1 rings (SSSR count). The van der Waals surface area contributed by atoms with Gasteiger partial charge in [0, 0.05) is 23.1 Å². The van der Waals surface area contributed by atoms with Crippen LogP contribution in [-0.4, -0.2) is 36.6 Å². The molecule has 0 saturated heterocycles. The van der Waals surface area contributed by atoms with E-state index in [1.165, 1.54) is 0 Å². The van der Waals surface area contributed by atoms with Crippen molar-refractivity contribution in [3.63, 3.8) is 0 Å².